The summed E-state index contributed by atoms with van der Waals surface area (Å²) in [7, 11) is 0. The van der Waals surface area contributed by atoms with Gasteiger partial charge in [-0.25, -0.2) is 0 Å². The van der Waals surface area contributed by atoms with Crippen LogP contribution >= 0.6 is 38.5 Å². The van der Waals surface area contributed by atoms with Crippen LogP contribution in [0.15, 0.2) is 40.9 Å². The molecule has 1 heterocycles. The predicted octanol–water partition coefficient (Wildman–Crippen LogP) is 3.62. The van der Waals surface area contributed by atoms with Gasteiger partial charge in [-0.15, -0.1) is 0 Å². The summed E-state index contributed by atoms with van der Waals surface area (Å²) < 4.78 is 6.87. The second kappa shape index (κ2) is 5.76. The first kappa shape index (κ1) is 14.5. The van der Waals surface area contributed by atoms with Gasteiger partial charge >= 0.3 is 0 Å². The van der Waals surface area contributed by atoms with Crippen molar-refractivity contribution < 1.29 is 14.3 Å². The molecule has 0 aliphatic carbocycles. The fraction of sp³-hybridized carbons (Fsp3) is 0.0667. The lowest BCUT2D eigenvalue weighted by atomic mass is 10.0. The maximum absolute atomic E-state index is 12.7. The molecular formula is C15H9BrINO3. The van der Waals surface area contributed by atoms with Gasteiger partial charge < -0.3 is 10.1 Å². The third kappa shape index (κ3) is 2.82. The van der Waals surface area contributed by atoms with Gasteiger partial charge in [0.15, 0.2) is 12.4 Å². The van der Waals surface area contributed by atoms with Crippen molar-refractivity contribution in [3.63, 3.8) is 0 Å². The quantitative estimate of drug-likeness (QED) is 0.553. The van der Waals surface area contributed by atoms with Crippen LogP contribution in [0.4, 0.5) is 5.69 Å². The van der Waals surface area contributed by atoms with E-state index in [1.165, 1.54) is 0 Å². The second-order valence-electron chi connectivity index (χ2n) is 4.47. The zero-order chi connectivity index (χ0) is 15.0. The monoisotopic (exact) mass is 457 g/mol. The summed E-state index contributed by atoms with van der Waals surface area (Å²) in [6, 6.07) is 10.7. The molecule has 106 valence electrons. The molecule has 1 N–H and O–H groups in total. The molecule has 2 aromatic rings. The van der Waals surface area contributed by atoms with Crippen LogP contribution < -0.4 is 10.1 Å². The average molecular weight is 458 g/mol. The van der Waals surface area contributed by atoms with Crippen LogP contribution in [-0.2, 0) is 4.79 Å². The Morgan fingerprint density at radius 2 is 2.00 bits per heavy atom. The van der Waals surface area contributed by atoms with E-state index in [1.54, 1.807) is 18.2 Å². The highest BCUT2D eigenvalue weighted by Crippen LogP contribution is 2.35. The molecule has 0 bridgehead atoms. The van der Waals surface area contributed by atoms with Gasteiger partial charge in [0.1, 0.15) is 5.75 Å². The summed E-state index contributed by atoms with van der Waals surface area (Å²) in [5.41, 5.74) is 1.71. The Balaban J connectivity index is 2.05. The number of hydrogen-bond acceptors (Lipinski definition) is 3. The number of carbonyl (C=O) groups is 2. The normalized spacial score (nSPS) is 13.1. The van der Waals surface area contributed by atoms with Crippen LogP contribution in [0.1, 0.15) is 15.9 Å². The minimum Gasteiger partial charge on any atom is -0.482 e. The lowest BCUT2D eigenvalue weighted by molar-refractivity contribution is -0.118. The number of rotatable bonds is 2. The predicted molar refractivity (Wildman–Crippen MR) is 90.9 cm³/mol. The first-order chi connectivity index (χ1) is 10.1. The van der Waals surface area contributed by atoms with Gasteiger partial charge in [-0.2, -0.15) is 0 Å². The van der Waals surface area contributed by atoms with E-state index in [4.69, 9.17) is 4.74 Å². The van der Waals surface area contributed by atoms with Crippen LogP contribution in [-0.4, -0.2) is 18.3 Å². The molecule has 0 radical (unpaired) electrons. The molecule has 0 atom stereocenters. The first-order valence-electron chi connectivity index (χ1n) is 6.11. The Hall–Kier alpha value is -1.41. The SMILES string of the molecule is O=C1COc2cc(C(=O)c3ccccc3I)c(Br)cc2N1. The van der Waals surface area contributed by atoms with Crippen molar-refractivity contribution in [3.8, 4) is 5.75 Å². The molecule has 0 fully saturated rings. The van der Waals surface area contributed by atoms with E-state index < -0.39 is 0 Å². The van der Waals surface area contributed by atoms with E-state index in [-0.39, 0.29) is 18.3 Å². The molecule has 4 nitrogen and oxygen atoms in total. The van der Waals surface area contributed by atoms with Crippen molar-refractivity contribution in [2.75, 3.05) is 11.9 Å². The molecule has 1 amide bonds. The minimum atomic E-state index is -0.203. The number of carbonyl (C=O) groups excluding carboxylic acids is 2. The zero-order valence-corrected chi connectivity index (χ0v) is 14.4. The summed E-state index contributed by atoms with van der Waals surface area (Å²) in [5.74, 6) is 0.216. The van der Waals surface area contributed by atoms with Crippen molar-refractivity contribution in [3.05, 3.63) is 55.6 Å². The van der Waals surface area contributed by atoms with E-state index in [0.717, 1.165) is 3.57 Å². The highest BCUT2D eigenvalue weighted by Gasteiger charge is 2.22. The first-order valence-corrected chi connectivity index (χ1v) is 7.99. The molecule has 0 saturated carbocycles. The molecule has 6 heteroatoms. The van der Waals surface area contributed by atoms with Crippen molar-refractivity contribution >= 4 is 55.9 Å². The third-order valence-corrected chi connectivity index (χ3v) is 4.66. The molecule has 2 aromatic carbocycles. The van der Waals surface area contributed by atoms with Gasteiger partial charge in [0, 0.05) is 19.2 Å². The average Bonchev–Trinajstić information content (AvgIpc) is 2.46. The number of halogens is 2. The van der Waals surface area contributed by atoms with Crippen LogP contribution in [0.25, 0.3) is 0 Å². The molecule has 0 unspecified atom stereocenters. The largest absolute Gasteiger partial charge is 0.482 e. The lowest BCUT2D eigenvalue weighted by Gasteiger charge is -2.19. The van der Waals surface area contributed by atoms with Gasteiger partial charge in [0.05, 0.1) is 5.69 Å². The van der Waals surface area contributed by atoms with E-state index in [2.05, 4.69) is 43.8 Å². The minimum absolute atomic E-state index is 0.0366. The van der Waals surface area contributed by atoms with Crippen LogP contribution in [0, 0.1) is 3.57 Å². The molecular weight excluding hydrogens is 449 g/mol. The Labute approximate surface area is 143 Å². The Morgan fingerprint density at radius 3 is 2.76 bits per heavy atom. The van der Waals surface area contributed by atoms with E-state index in [0.29, 0.717) is 27.0 Å². The van der Waals surface area contributed by atoms with E-state index in [9.17, 15) is 9.59 Å². The maximum Gasteiger partial charge on any atom is 0.262 e. The smallest absolute Gasteiger partial charge is 0.262 e. The van der Waals surface area contributed by atoms with Gasteiger partial charge in [-0.1, -0.05) is 12.1 Å². The Bertz CT molecular complexity index is 761. The molecule has 1 aliphatic heterocycles. The number of benzene rings is 2. The Kier molecular flexibility index (Phi) is 3.99. The molecule has 21 heavy (non-hydrogen) atoms. The summed E-state index contributed by atoms with van der Waals surface area (Å²) in [4.78, 5) is 24.0. The summed E-state index contributed by atoms with van der Waals surface area (Å²) >= 11 is 5.52. The highest BCUT2D eigenvalue weighted by atomic mass is 127. The number of nitrogens with one attached hydrogen (secondary N) is 1. The number of hydrogen-bond donors (Lipinski definition) is 1. The van der Waals surface area contributed by atoms with Gasteiger partial charge in [-0.3, -0.25) is 9.59 Å². The molecule has 0 saturated heterocycles. The van der Waals surface area contributed by atoms with Crippen LogP contribution in [0.5, 0.6) is 5.75 Å². The number of amides is 1. The molecule has 3 rings (SSSR count). The maximum atomic E-state index is 12.7. The van der Waals surface area contributed by atoms with Gasteiger partial charge in [0.2, 0.25) is 0 Å². The molecule has 0 spiro atoms. The summed E-state index contributed by atoms with van der Waals surface area (Å²) in [6.45, 7) is -0.0366. The number of ketones is 1. The second-order valence-corrected chi connectivity index (χ2v) is 6.49. The van der Waals surface area contributed by atoms with Crippen molar-refractivity contribution in [2.24, 2.45) is 0 Å². The lowest BCUT2D eigenvalue weighted by Crippen LogP contribution is -2.25. The topological polar surface area (TPSA) is 55.4 Å². The van der Waals surface area contributed by atoms with Crippen molar-refractivity contribution in [1.29, 1.82) is 0 Å². The van der Waals surface area contributed by atoms with Crippen LogP contribution in [0.2, 0.25) is 0 Å². The zero-order valence-electron chi connectivity index (χ0n) is 10.7. The standard InChI is InChI=1S/C15H9BrINO3/c16-10-6-12-13(21-7-14(19)18-12)5-9(10)15(20)8-3-1-2-4-11(8)17/h1-6H,7H2,(H,18,19). The number of ether oxygens (including phenoxy) is 1. The van der Waals surface area contributed by atoms with Gasteiger partial charge in [0.25, 0.3) is 5.91 Å². The van der Waals surface area contributed by atoms with Crippen LogP contribution in [0.3, 0.4) is 0 Å². The number of fused-ring (bicyclic) bond motifs is 1. The van der Waals surface area contributed by atoms with Crippen molar-refractivity contribution in [2.45, 2.75) is 0 Å². The van der Waals surface area contributed by atoms with E-state index in [1.807, 2.05) is 18.2 Å². The Morgan fingerprint density at radius 1 is 1.24 bits per heavy atom. The van der Waals surface area contributed by atoms with Gasteiger partial charge in [-0.05, 0) is 62.8 Å². The molecule has 1 aliphatic rings. The summed E-state index contributed by atoms with van der Waals surface area (Å²) in [5, 5.41) is 2.71. The molecule has 0 aromatic heterocycles. The fourth-order valence-corrected chi connectivity index (χ4v) is 3.22. The highest BCUT2D eigenvalue weighted by molar-refractivity contribution is 14.1. The summed E-state index contributed by atoms with van der Waals surface area (Å²) in [6.07, 6.45) is 0. The third-order valence-electron chi connectivity index (χ3n) is 3.07. The fourth-order valence-electron chi connectivity index (χ4n) is 2.06. The number of anilines is 1. The van der Waals surface area contributed by atoms with E-state index >= 15 is 0 Å². The van der Waals surface area contributed by atoms with Crippen molar-refractivity contribution in [1.82, 2.24) is 0 Å².